The van der Waals surface area contributed by atoms with E-state index < -0.39 is 17.8 Å². The van der Waals surface area contributed by atoms with Crippen LogP contribution in [0, 0.1) is 5.92 Å². The standard InChI is InChI=1S/C22H26ClF3N4O2/c23-19-17-10-15(14-2-3-14)11-18(22(24,25)26)30(17)27-20(19)21(32)29-7-5-28(6-8-29)16-4-1-13(9-16)12-31/h10-11,13-14,16,31H,1-9,12H2. The Morgan fingerprint density at radius 3 is 2.44 bits per heavy atom. The molecule has 0 bridgehead atoms. The summed E-state index contributed by atoms with van der Waals surface area (Å²) in [5, 5.41) is 13.4. The number of hydrogen-bond acceptors (Lipinski definition) is 4. The van der Waals surface area contributed by atoms with Gasteiger partial charge in [-0.2, -0.15) is 18.3 Å². The highest BCUT2D eigenvalue weighted by atomic mass is 35.5. The second-order valence-corrected chi connectivity index (χ2v) is 9.63. The number of aliphatic hydroxyl groups excluding tert-OH is 1. The van der Waals surface area contributed by atoms with Crippen molar-refractivity contribution in [2.24, 2.45) is 5.92 Å². The van der Waals surface area contributed by atoms with E-state index in [0.717, 1.165) is 42.7 Å². The fraction of sp³-hybridized carbons (Fsp3) is 0.636. The monoisotopic (exact) mass is 470 g/mol. The van der Waals surface area contributed by atoms with Crippen molar-refractivity contribution in [1.82, 2.24) is 19.4 Å². The minimum Gasteiger partial charge on any atom is -0.396 e. The van der Waals surface area contributed by atoms with Gasteiger partial charge in [-0.05, 0) is 61.6 Å². The van der Waals surface area contributed by atoms with Gasteiger partial charge in [-0.15, -0.1) is 0 Å². The fourth-order valence-corrected chi connectivity index (χ4v) is 5.37. The van der Waals surface area contributed by atoms with Crippen LogP contribution in [0.2, 0.25) is 5.02 Å². The number of nitrogens with zero attached hydrogens (tertiary/aromatic N) is 4. The lowest BCUT2D eigenvalue weighted by atomic mass is 10.1. The molecule has 1 N–H and O–H groups in total. The molecule has 1 aliphatic heterocycles. The summed E-state index contributed by atoms with van der Waals surface area (Å²) < 4.78 is 41.9. The minimum atomic E-state index is -4.60. The number of fused-ring (bicyclic) bond motifs is 1. The molecule has 2 aromatic heterocycles. The van der Waals surface area contributed by atoms with Crippen molar-refractivity contribution in [3.05, 3.63) is 34.1 Å². The maximum Gasteiger partial charge on any atom is 0.433 e. The number of hydrogen-bond donors (Lipinski definition) is 1. The third kappa shape index (κ3) is 3.99. The van der Waals surface area contributed by atoms with E-state index in [1.165, 1.54) is 0 Å². The van der Waals surface area contributed by atoms with E-state index in [4.69, 9.17) is 11.6 Å². The number of halogens is 4. The SMILES string of the molecule is O=C(c1nn2c(C(F)(F)F)cc(C3CC3)cc2c1Cl)N1CCN(C2CCC(CO)C2)CC1. The first-order valence-electron chi connectivity index (χ1n) is 11.2. The van der Waals surface area contributed by atoms with Crippen LogP contribution in [-0.2, 0) is 6.18 Å². The van der Waals surface area contributed by atoms with Crippen molar-refractivity contribution in [2.45, 2.75) is 50.2 Å². The van der Waals surface area contributed by atoms with Crippen LogP contribution in [0.4, 0.5) is 13.2 Å². The van der Waals surface area contributed by atoms with Crippen LogP contribution in [0.25, 0.3) is 5.52 Å². The third-order valence-corrected chi connectivity index (χ3v) is 7.50. The Kier molecular flexibility index (Phi) is 5.62. The number of piperazine rings is 1. The Bertz CT molecular complexity index is 1030. The van der Waals surface area contributed by atoms with Crippen LogP contribution in [0.1, 0.15) is 59.8 Å². The van der Waals surface area contributed by atoms with Crippen molar-refractivity contribution in [3.63, 3.8) is 0 Å². The van der Waals surface area contributed by atoms with Gasteiger partial charge in [-0.3, -0.25) is 9.69 Å². The van der Waals surface area contributed by atoms with Crippen LogP contribution in [0.3, 0.4) is 0 Å². The molecular formula is C22H26ClF3N4O2. The molecule has 1 amide bonds. The smallest absolute Gasteiger partial charge is 0.396 e. The van der Waals surface area contributed by atoms with Crippen LogP contribution in [-0.4, -0.2) is 69.3 Å². The van der Waals surface area contributed by atoms with Gasteiger partial charge in [0, 0.05) is 38.8 Å². The largest absolute Gasteiger partial charge is 0.433 e. The molecule has 0 radical (unpaired) electrons. The van der Waals surface area contributed by atoms with Gasteiger partial charge in [0.25, 0.3) is 5.91 Å². The Hall–Kier alpha value is -1.84. The fourth-order valence-electron chi connectivity index (χ4n) is 5.12. The molecule has 174 valence electrons. The number of pyridine rings is 1. The van der Waals surface area contributed by atoms with E-state index in [0.29, 0.717) is 43.7 Å². The van der Waals surface area contributed by atoms with E-state index >= 15 is 0 Å². The highest BCUT2D eigenvalue weighted by Gasteiger charge is 2.38. The lowest BCUT2D eigenvalue weighted by Crippen LogP contribution is -2.51. The average Bonchev–Trinajstić information content (AvgIpc) is 3.42. The van der Waals surface area contributed by atoms with Crippen molar-refractivity contribution < 1.29 is 23.1 Å². The molecule has 32 heavy (non-hydrogen) atoms. The topological polar surface area (TPSA) is 61.1 Å². The molecule has 2 aromatic rings. The molecule has 5 rings (SSSR count). The van der Waals surface area contributed by atoms with Crippen LogP contribution in [0.5, 0.6) is 0 Å². The normalized spacial score (nSPS) is 25.1. The molecule has 1 saturated heterocycles. The Labute approximate surface area is 188 Å². The number of carbonyl (C=O) groups excluding carboxylic acids is 1. The lowest BCUT2D eigenvalue weighted by molar-refractivity contribution is -0.142. The lowest BCUT2D eigenvalue weighted by Gasteiger charge is -2.38. The summed E-state index contributed by atoms with van der Waals surface area (Å²) in [6, 6.07) is 3.18. The summed E-state index contributed by atoms with van der Waals surface area (Å²) in [7, 11) is 0. The van der Waals surface area contributed by atoms with Crippen molar-refractivity contribution >= 4 is 23.0 Å². The van der Waals surface area contributed by atoms with Gasteiger partial charge in [0.1, 0.15) is 5.69 Å². The molecule has 0 spiro atoms. The van der Waals surface area contributed by atoms with E-state index in [1.807, 2.05) is 0 Å². The summed E-state index contributed by atoms with van der Waals surface area (Å²) in [6.07, 6.45) is 0.137. The summed E-state index contributed by atoms with van der Waals surface area (Å²) in [6.45, 7) is 2.55. The molecule has 2 atom stereocenters. The van der Waals surface area contributed by atoms with Crippen molar-refractivity contribution in [1.29, 1.82) is 0 Å². The zero-order valence-corrected chi connectivity index (χ0v) is 18.4. The molecule has 3 aliphatic rings. The first-order chi connectivity index (χ1) is 15.3. The van der Waals surface area contributed by atoms with Gasteiger partial charge >= 0.3 is 6.18 Å². The van der Waals surface area contributed by atoms with Gasteiger partial charge in [-0.1, -0.05) is 11.6 Å². The predicted octanol–water partition coefficient (Wildman–Crippen LogP) is 3.80. The molecule has 6 nitrogen and oxygen atoms in total. The Morgan fingerprint density at radius 1 is 1.12 bits per heavy atom. The third-order valence-electron chi connectivity index (χ3n) is 7.13. The molecule has 3 heterocycles. The van der Waals surface area contributed by atoms with Gasteiger partial charge in [0.2, 0.25) is 0 Å². The van der Waals surface area contributed by atoms with Crippen molar-refractivity contribution in [2.75, 3.05) is 32.8 Å². The van der Waals surface area contributed by atoms with Gasteiger partial charge in [0.05, 0.1) is 10.5 Å². The summed E-state index contributed by atoms with van der Waals surface area (Å²) in [5.41, 5.74) is -0.300. The zero-order valence-electron chi connectivity index (χ0n) is 17.6. The summed E-state index contributed by atoms with van der Waals surface area (Å²) in [5.74, 6) is 0.0271. The number of alkyl halides is 3. The highest BCUT2D eigenvalue weighted by Crippen LogP contribution is 2.43. The highest BCUT2D eigenvalue weighted by molar-refractivity contribution is 6.36. The van der Waals surface area contributed by atoms with Crippen molar-refractivity contribution in [3.8, 4) is 0 Å². The van der Waals surface area contributed by atoms with Crippen LogP contribution in [0.15, 0.2) is 12.1 Å². The molecule has 3 fully saturated rings. The minimum absolute atomic E-state index is 0.0213. The summed E-state index contributed by atoms with van der Waals surface area (Å²) in [4.78, 5) is 17.1. The number of amides is 1. The van der Waals surface area contributed by atoms with Gasteiger partial charge in [0.15, 0.2) is 5.69 Å². The van der Waals surface area contributed by atoms with Crippen LogP contribution >= 0.6 is 11.6 Å². The molecular weight excluding hydrogens is 445 g/mol. The summed E-state index contributed by atoms with van der Waals surface area (Å²) >= 11 is 6.42. The molecule has 0 aromatic carbocycles. The molecule has 10 heteroatoms. The molecule has 2 saturated carbocycles. The average molecular weight is 471 g/mol. The number of aromatic nitrogens is 2. The van der Waals surface area contributed by atoms with E-state index in [9.17, 15) is 23.1 Å². The number of aliphatic hydroxyl groups is 1. The molecule has 2 unspecified atom stereocenters. The number of rotatable bonds is 4. The second kappa shape index (κ2) is 8.18. The van der Waals surface area contributed by atoms with E-state index in [2.05, 4.69) is 10.00 Å². The molecule has 2 aliphatic carbocycles. The Morgan fingerprint density at radius 2 is 1.84 bits per heavy atom. The number of carbonyl (C=O) groups is 1. The Balaban J connectivity index is 1.37. The predicted molar refractivity (Wildman–Crippen MR) is 113 cm³/mol. The van der Waals surface area contributed by atoms with E-state index in [-0.39, 0.29) is 28.8 Å². The first kappa shape index (κ1) is 22.0. The quantitative estimate of drug-likeness (QED) is 0.738. The van der Waals surface area contributed by atoms with Gasteiger partial charge < -0.3 is 10.0 Å². The zero-order chi connectivity index (χ0) is 22.6. The van der Waals surface area contributed by atoms with E-state index in [1.54, 1.807) is 11.0 Å². The maximum atomic E-state index is 13.7. The van der Waals surface area contributed by atoms with Crippen LogP contribution < -0.4 is 0 Å². The second-order valence-electron chi connectivity index (χ2n) is 9.25. The maximum absolute atomic E-state index is 13.7. The van der Waals surface area contributed by atoms with Gasteiger partial charge in [-0.25, -0.2) is 4.52 Å². The first-order valence-corrected chi connectivity index (χ1v) is 11.6.